The van der Waals surface area contributed by atoms with Gasteiger partial charge >= 0.3 is 0 Å². The second kappa shape index (κ2) is 27.8. The Balaban J connectivity index is 1.81. The summed E-state index contributed by atoms with van der Waals surface area (Å²) in [7, 11) is 0. The topological polar surface area (TPSA) is 316 Å². The van der Waals surface area contributed by atoms with Gasteiger partial charge in [-0.2, -0.15) is 0 Å². The highest BCUT2D eigenvalue weighted by molar-refractivity contribution is 5.95. The number of hydrogen-bond acceptors (Lipinski definition) is 14. The molecule has 0 aromatic heterocycles. The average Bonchev–Trinajstić information content (AvgIpc) is 3.67. The lowest BCUT2D eigenvalue weighted by molar-refractivity contribution is -0.144. The minimum Gasteiger partial charge on any atom is -0.508 e. The third-order valence-corrected chi connectivity index (χ3v) is 12.4. The lowest BCUT2D eigenvalue weighted by Crippen LogP contribution is -2.57. The van der Waals surface area contributed by atoms with E-state index in [1.807, 2.05) is 0 Å². The van der Waals surface area contributed by atoms with Gasteiger partial charge in [0.1, 0.15) is 30.0 Å². The minimum absolute atomic E-state index is 0.0246. The number of phenols is 1. The maximum absolute atomic E-state index is 13.7. The number of carbonyl (C=O) groups excluding carboxylic acids is 7. The maximum Gasteiger partial charge on any atom is 0.247 e. The number of benzene rings is 1. The summed E-state index contributed by atoms with van der Waals surface area (Å²) in [5.41, 5.74) is 0.0564. The van der Waals surface area contributed by atoms with Crippen LogP contribution in [0.3, 0.4) is 0 Å². The van der Waals surface area contributed by atoms with Crippen LogP contribution >= 0.6 is 0 Å². The van der Waals surface area contributed by atoms with Crippen LogP contribution in [-0.2, 0) is 33.6 Å². The first kappa shape index (κ1) is 55.6. The fraction of sp³-hybridized carbons (Fsp3) is 0.717. The third kappa shape index (κ3) is 18.2. The lowest BCUT2D eigenvalue weighted by atomic mass is 9.88. The number of carbonyl (C=O) groups is 7. The van der Waals surface area contributed by atoms with Gasteiger partial charge in [0.15, 0.2) is 12.0 Å². The zero-order valence-corrected chi connectivity index (χ0v) is 38.8. The molecule has 3 rings (SSSR count). The number of nitrogens with one attached hydrogen (secondary N) is 4. The normalized spacial score (nSPS) is 25.7. The molecule has 2 aliphatic rings. The molecule has 3 unspecified atom stereocenters. The molecule has 11 atom stereocenters. The summed E-state index contributed by atoms with van der Waals surface area (Å²) in [5, 5.41) is 84.2. The van der Waals surface area contributed by atoms with Gasteiger partial charge in [-0.25, -0.2) is 0 Å². The van der Waals surface area contributed by atoms with Crippen molar-refractivity contribution >= 4 is 41.2 Å². The van der Waals surface area contributed by atoms with E-state index < -0.39 is 135 Å². The zero-order valence-electron chi connectivity index (χ0n) is 38.8. The van der Waals surface area contributed by atoms with Gasteiger partial charge in [0.25, 0.3) is 0 Å². The number of Topliss-reactive ketones (excluding diaryl/α,β-unsaturated/α-hetero) is 1. The number of unbranched alkanes of at least 4 members (excludes halogenated alkanes) is 5. The Morgan fingerprint density at radius 2 is 1.42 bits per heavy atom. The molecule has 11 N–H and O–H groups in total. The van der Waals surface area contributed by atoms with E-state index in [0.717, 1.165) is 41.9 Å². The fourth-order valence-corrected chi connectivity index (χ4v) is 8.37. The molecule has 2 saturated heterocycles. The van der Waals surface area contributed by atoms with Gasteiger partial charge in [-0.05, 0) is 55.7 Å². The van der Waals surface area contributed by atoms with Crippen molar-refractivity contribution in [3.05, 3.63) is 29.8 Å². The fourth-order valence-electron chi connectivity index (χ4n) is 8.37. The Morgan fingerprint density at radius 1 is 0.803 bits per heavy atom. The molecular weight excluding hydrogens is 861 g/mol. The van der Waals surface area contributed by atoms with E-state index in [-0.39, 0.29) is 30.7 Å². The van der Waals surface area contributed by atoms with E-state index in [0.29, 0.717) is 18.3 Å². The van der Waals surface area contributed by atoms with Crippen LogP contribution in [0.4, 0.5) is 0 Å². The first-order valence-electron chi connectivity index (χ1n) is 23.3. The predicted octanol–water partition coefficient (Wildman–Crippen LogP) is -0.357. The highest BCUT2D eigenvalue weighted by atomic mass is 16.3. The van der Waals surface area contributed by atoms with E-state index in [9.17, 15) is 69.3 Å². The summed E-state index contributed by atoms with van der Waals surface area (Å²) in [6.45, 7) is 5.16. The molecule has 2 aliphatic heterocycles. The van der Waals surface area contributed by atoms with Crippen LogP contribution in [0.15, 0.2) is 24.3 Å². The Hall–Kier alpha value is -4.73. The van der Waals surface area contributed by atoms with Crippen LogP contribution in [0.1, 0.15) is 123 Å². The number of amides is 6. The standard InChI is InChI=1S/C46H74N6O14/c1-5-27(2)20-28(3)12-10-8-6-7-9-11-13-37(58)49-34-22-36(57)45(65)50-46(66)40-35(56)18-19-52(40)39(60)24-47-43(63)33(42(62)41(61)30-14-16-31(54)17-15-30)21-32(55)26-51(25-29(4)53)38(59)23-48-44(34)64/h14-17,27-29,33-36,40-42,45,53-54,56-57,61-62,65H,5-13,18-26H2,1-4H3,(H,47,63)(H,48,64)(H,49,58)(H,50,66)/t27?,28?,29-,33+,34+,35+,36-,40+,41?,42+,45-/m1/s1. The van der Waals surface area contributed by atoms with Gasteiger partial charge in [-0.1, -0.05) is 77.8 Å². The van der Waals surface area contributed by atoms with Gasteiger partial charge in [0.2, 0.25) is 35.4 Å². The molecule has 66 heavy (non-hydrogen) atoms. The highest BCUT2D eigenvalue weighted by Crippen LogP contribution is 2.27. The molecule has 0 saturated carbocycles. The molecule has 2 heterocycles. The van der Waals surface area contributed by atoms with Crippen LogP contribution < -0.4 is 21.3 Å². The molecule has 20 nitrogen and oxygen atoms in total. The number of nitrogens with zero attached hydrogens (tertiary/aromatic N) is 2. The van der Waals surface area contributed by atoms with Crippen molar-refractivity contribution < 1.29 is 69.3 Å². The van der Waals surface area contributed by atoms with Crippen molar-refractivity contribution in [1.82, 2.24) is 31.1 Å². The summed E-state index contributed by atoms with van der Waals surface area (Å²) in [6, 6.07) is 1.82. The maximum atomic E-state index is 13.7. The Labute approximate surface area is 386 Å². The van der Waals surface area contributed by atoms with Crippen LogP contribution in [-0.4, -0.2) is 162 Å². The number of hydrogen-bond donors (Lipinski definition) is 11. The summed E-state index contributed by atoms with van der Waals surface area (Å²) < 4.78 is 0. The van der Waals surface area contributed by atoms with E-state index in [2.05, 4.69) is 42.0 Å². The molecular formula is C46H74N6O14. The second-order valence-electron chi connectivity index (χ2n) is 18.2. The smallest absolute Gasteiger partial charge is 0.247 e. The quantitative estimate of drug-likeness (QED) is 0.0839. The average molecular weight is 935 g/mol. The van der Waals surface area contributed by atoms with E-state index in [1.54, 1.807) is 0 Å². The van der Waals surface area contributed by atoms with Gasteiger partial charge in [-0.15, -0.1) is 0 Å². The Morgan fingerprint density at radius 3 is 2.08 bits per heavy atom. The third-order valence-electron chi connectivity index (χ3n) is 12.4. The lowest BCUT2D eigenvalue weighted by Gasteiger charge is -2.29. The van der Waals surface area contributed by atoms with E-state index in [1.165, 1.54) is 50.5 Å². The molecule has 0 radical (unpaired) electrons. The van der Waals surface area contributed by atoms with E-state index >= 15 is 0 Å². The minimum atomic E-state index is -2.09. The highest BCUT2D eigenvalue weighted by Gasteiger charge is 2.43. The van der Waals surface area contributed by atoms with Crippen molar-refractivity contribution in [2.45, 2.75) is 160 Å². The van der Waals surface area contributed by atoms with Gasteiger partial charge in [-0.3, -0.25) is 33.6 Å². The molecule has 372 valence electrons. The monoisotopic (exact) mass is 935 g/mol. The molecule has 0 spiro atoms. The molecule has 0 aliphatic carbocycles. The molecule has 2 fully saturated rings. The number of rotatable bonds is 18. The first-order valence-corrected chi connectivity index (χ1v) is 23.3. The van der Waals surface area contributed by atoms with Crippen molar-refractivity contribution in [3.63, 3.8) is 0 Å². The number of aliphatic hydroxyl groups is 6. The Kier molecular flexibility index (Phi) is 23.4. The van der Waals surface area contributed by atoms with Gasteiger partial charge < -0.3 is 66.8 Å². The SMILES string of the molecule is CCC(C)CC(C)CCCCCCCCC(=O)N[C@H]1C[C@@H](O)[C@@H](O)NC(=O)[C@@H]2[C@@H](O)CCN2C(=O)CNC(=O)[C@H]([C@H](O)C(O)c2ccc(O)cc2)CC(=O)CN(C[C@@H](C)O)C(=O)CNC1=O. The number of fused-ring (bicyclic) bond motifs is 1. The van der Waals surface area contributed by atoms with Gasteiger partial charge in [0.05, 0.1) is 43.9 Å². The Bertz CT molecular complexity index is 1750. The predicted molar refractivity (Wildman–Crippen MR) is 239 cm³/mol. The molecule has 1 aromatic rings. The molecule has 20 heteroatoms. The van der Waals surface area contributed by atoms with Crippen LogP contribution in [0.2, 0.25) is 0 Å². The molecule has 0 bridgehead atoms. The van der Waals surface area contributed by atoms with Crippen molar-refractivity contribution in [2.24, 2.45) is 17.8 Å². The van der Waals surface area contributed by atoms with Crippen LogP contribution in [0, 0.1) is 17.8 Å². The van der Waals surface area contributed by atoms with Crippen LogP contribution in [0.25, 0.3) is 0 Å². The number of aromatic hydroxyl groups is 1. The van der Waals surface area contributed by atoms with Gasteiger partial charge in [0, 0.05) is 32.4 Å². The largest absolute Gasteiger partial charge is 0.508 e. The number of aliphatic hydroxyl groups excluding tert-OH is 6. The molecule has 6 amide bonds. The summed E-state index contributed by atoms with van der Waals surface area (Å²) in [6.07, 6.45) is -3.00. The summed E-state index contributed by atoms with van der Waals surface area (Å²) in [5.74, 6) is -6.86. The van der Waals surface area contributed by atoms with Crippen molar-refractivity contribution in [3.8, 4) is 5.75 Å². The summed E-state index contributed by atoms with van der Waals surface area (Å²) >= 11 is 0. The number of phenolic OH excluding ortho intramolecular Hbond substituents is 1. The van der Waals surface area contributed by atoms with Crippen LogP contribution in [0.5, 0.6) is 5.75 Å². The van der Waals surface area contributed by atoms with Crippen molar-refractivity contribution in [2.75, 3.05) is 32.7 Å². The van der Waals surface area contributed by atoms with Crippen molar-refractivity contribution in [1.29, 1.82) is 0 Å². The molecule has 1 aromatic carbocycles. The second-order valence-corrected chi connectivity index (χ2v) is 18.2. The number of β-amino-alcohol motifs (C(OH)–C–C–N with tert-alkyl or cyclic N) is 1. The number of ketones is 1. The zero-order chi connectivity index (χ0) is 49.1. The van der Waals surface area contributed by atoms with E-state index in [4.69, 9.17) is 0 Å². The summed E-state index contributed by atoms with van der Waals surface area (Å²) in [4.78, 5) is 96.3. The first-order chi connectivity index (χ1) is 31.2.